The van der Waals surface area contributed by atoms with E-state index in [1.165, 1.54) is 19.2 Å². The molecule has 1 heterocycles. The molecule has 0 amide bonds. The van der Waals surface area contributed by atoms with Crippen LogP contribution < -0.4 is 4.74 Å². The highest BCUT2D eigenvalue weighted by atomic mass is 16.5. The second-order valence-electron chi connectivity index (χ2n) is 4.61. The maximum Gasteiger partial charge on any atom is 0.344 e. The Kier molecular flexibility index (Phi) is 5.03. The standard InChI is InChI=1S/C17H15NO4/c1-12(17(20)21)22-15-6-2-4-13(10-15)7-8-16(19)14-5-3-9-18-11-14/h2-12H,1H3,(H,20,21)/b8-7-/t12-/m0/s1. The molecule has 0 bridgehead atoms. The van der Waals surface area contributed by atoms with E-state index in [0.29, 0.717) is 11.3 Å². The Bertz CT molecular complexity index is 695. The molecule has 5 nitrogen and oxygen atoms in total. The number of benzene rings is 1. The molecule has 2 rings (SSSR count). The molecule has 22 heavy (non-hydrogen) atoms. The number of hydrogen-bond acceptors (Lipinski definition) is 4. The molecular weight excluding hydrogens is 282 g/mol. The predicted molar refractivity (Wildman–Crippen MR) is 81.8 cm³/mol. The lowest BCUT2D eigenvalue weighted by Crippen LogP contribution is -2.22. The molecule has 0 radical (unpaired) electrons. The van der Waals surface area contributed by atoms with Gasteiger partial charge in [-0.1, -0.05) is 18.2 Å². The number of ether oxygens (including phenoxy) is 1. The van der Waals surface area contributed by atoms with E-state index in [1.54, 1.807) is 48.7 Å². The van der Waals surface area contributed by atoms with Crippen molar-refractivity contribution < 1.29 is 19.4 Å². The average molecular weight is 297 g/mol. The molecule has 0 aliphatic heterocycles. The number of carboxylic acid groups (broad SMARTS) is 1. The molecule has 5 heteroatoms. The van der Waals surface area contributed by atoms with Crippen molar-refractivity contribution in [3.8, 4) is 5.75 Å². The Morgan fingerprint density at radius 3 is 2.77 bits per heavy atom. The third-order valence-electron chi connectivity index (χ3n) is 2.89. The molecule has 0 saturated heterocycles. The van der Waals surface area contributed by atoms with Crippen LogP contribution in [-0.2, 0) is 4.79 Å². The summed E-state index contributed by atoms with van der Waals surface area (Å²) in [6.07, 6.45) is 5.26. The lowest BCUT2D eigenvalue weighted by molar-refractivity contribution is -0.144. The maximum atomic E-state index is 11.9. The van der Waals surface area contributed by atoms with Crippen molar-refractivity contribution in [1.82, 2.24) is 4.98 Å². The minimum absolute atomic E-state index is 0.154. The first kappa shape index (κ1) is 15.4. The fourth-order valence-electron chi connectivity index (χ4n) is 1.72. The van der Waals surface area contributed by atoms with E-state index in [1.807, 2.05) is 0 Å². The van der Waals surface area contributed by atoms with Crippen LogP contribution in [0.5, 0.6) is 5.75 Å². The number of rotatable bonds is 6. The Morgan fingerprint density at radius 2 is 2.09 bits per heavy atom. The van der Waals surface area contributed by atoms with Crippen molar-refractivity contribution in [3.63, 3.8) is 0 Å². The summed E-state index contributed by atoms with van der Waals surface area (Å²) in [5, 5.41) is 8.83. The monoisotopic (exact) mass is 297 g/mol. The smallest absolute Gasteiger partial charge is 0.344 e. The van der Waals surface area contributed by atoms with Crippen molar-refractivity contribution in [2.75, 3.05) is 0 Å². The van der Waals surface area contributed by atoms with Crippen LogP contribution in [0.4, 0.5) is 0 Å². The first-order valence-corrected chi connectivity index (χ1v) is 6.68. The SMILES string of the molecule is C[C@H](Oc1cccc(/C=C\C(=O)c2cccnc2)c1)C(=O)O. The van der Waals surface area contributed by atoms with E-state index in [2.05, 4.69) is 4.98 Å². The van der Waals surface area contributed by atoms with E-state index in [-0.39, 0.29) is 5.78 Å². The summed E-state index contributed by atoms with van der Waals surface area (Å²) < 4.78 is 5.28. The normalized spacial score (nSPS) is 12.0. The number of carbonyl (C=O) groups excluding carboxylic acids is 1. The van der Waals surface area contributed by atoms with Gasteiger partial charge >= 0.3 is 5.97 Å². The van der Waals surface area contributed by atoms with E-state index < -0.39 is 12.1 Å². The van der Waals surface area contributed by atoms with Gasteiger partial charge in [0.05, 0.1) is 0 Å². The van der Waals surface area contributed by atoms with Crippen LogP contribution in [0.1, 0.15) is 22.8 Å². The van der Waals surface area contributed by atoms with Crippen LogP contribution in [0, 0.1) is 0 Å². The lowest BCUT2D eigenvalue weighted by Gasteiger charge is -2.10. The molecule has 0 saturated carbocycles. The number of aliphatic carboxylic acids is 1. The van der Waals surface area contributed by atoms with Crippen LogP contribution in [-0.4, -0.2) is 27.9 Å². The van der Waals surface area contributed by atoms with Gasteiger partial charge in [0.2, 0.25) is 0 Å². The number of ketones is 1. The van der Waals surface area contributed by atoms with Gasteiger partial charge in [0, 0.05) is 18.0 Å². The maximum absolute atomic E-state index is 11.9. The van der Waals surface area contributed by atoms with Gasteiger partial charge in [0.15, 0.2) is 11.9 Å². The summed E-state index contributed by atoms with van der Waals surface area (Å²) in [5.41, 5.74) is 1.25. The second-order valence-corrected chi connectivity index (χ2v) is 4.61. The fourth-order valence-corrected chi connectivity index (χ4v) is 1.72. The molecule has 0 unspecified atom stereocenters. The summed E-state index contributed by atoms with van der Waals surface area (Å²) in [7, 11) is 0. The van der Waals surface area contributed by atoms with Crippen LogP contribution in [0.25, 0.3) is 6.08 Å². The van der Waals surface area contributed by atoms with Crippen molar-refractivity contribution in [3.05, 3.63) is 66.0 Å². The molecule has 112 valence electrons. The zero-order valence-corrected chi connectivity index (χ0v) is 12.0. The third-order valence-corrected chi connectivity index (χ3v) is 2.89. The molecule has 1 atom stereocenters. The van der Waals surface area contributed by atoms with Gasteiger partial charge in [-0.2, -0.15) is 0 Å². The molecule has 0 spiro atoms. The molecule has 1 aromatic heterocycles. The van der Waals surface area contributed by atoms with E-state index in [9.17, 15) is 9.59 Å². The quantitative estimate of drug-likeness (QED) is 0.655. The van der Waals surface area contributed by atoms with Crippen LogP contribution in [0.2, 0.25) is 0 Å². The number of hydrogen-bond donors (Lipinski definition) is 1. The van der Waals surface area contributed by atoms with Gasteiger partial charge in [-0.25, -0.2) is 4.79 Å². The molecule has 0 aliphatic carbocycles. The Morgan fingerprint density at radius 1 is 1.27 bits per heavy atom. The summed E-state index contributed by atoms with van der Waals surface area (Å²) >= 11 is 0. The van der Waals surface area contributed by atoms with Crippen LogP contribution >= 0.6 is 0 Å². The van der Waals surface area contributed by atoms with E-state index in [4.69, 9.17) is 9.84 Å². The van der Waals surface area contributed by atoms with Gasteiger partial charge in [0.1, 0.15) is 5.75 Å². The van der Waals surface area contributed by atoms with Gasteiger partial charge < -0.3 is 9.84 Å². The predicted octanol–water partition coefficient (Wildman–Crippen LogP) is 2.83. The van der Waals surface area contributed by atoms with Crippen molar-refractivity contribution in [1.29, 1.82) is 0 Å². The number of carbonyl (C=O) groups is 2. The molecule has 0 fully saturated rings. The Balaban J connectivity index is 2.08. The lowest BCUT2D eigenvalue weighted by atomic mass is 10.1. The first-order valence-electron chi connectivity index (χ1n) is 6.68. The molecule has 1 aromatic carbocycles. The molecule has 0 aliphatic rings. The summed E-state index contributed by atoms with van der Waals surface area (Å²) in [6.45, 7) is 1.46. The van der Waals surface area contributed by atoms with Crippen molar-refractivity contribution in [2.24, 2.45) is 0 Å². The average Bonchev–Trinajstić information content (AvgIpc) is 2.53. The highest BCUT2D eigenvalue weighted by Gasteiger charge is 2.12. The molecule has 2 aromatic rings. The minimum atomic E-state index is -1.03. The number of carboxylic acids is 1. The third kappa shape index (κ3) is 4.28. The minimum Gasteiger partial charge on any atom is -0.479 e. The summed E-state index contributed by atoms with van der Waals surface area (Å²) in [6, 6.07) is 10.3. The summed E-state index contributed by atoms with van der Waals surface area (Å²) in [5.74, 6) is -0.753. The topological polar surface area (TPSA) is 76.5 Å². The number of nitrogens with zero attached hydrogens (tertiary/aromatic N) is 1. The van der Waals surface area contributed by atoms with Gasteiger partial charge in [-0.3, -0.25) is 9.78 Å². The van der Waals surface area contributed by atoms with Crippen molar-refractivity contribution >= 4 is 17.8 Å². The van der Waals surface area contributed by atoms with Gasteiger partial charge in [0.25, 0.3) is 0 Å². The Hall–Kier alpha value is -2.95. The molecule has 1 N–H and O–H groups in total. The zero-order chi connectivity index (χ0) is 15.9. The fraction of sp³-hybridized carbons (Fsp3) is 0.118. The highest BCUT2D eigenvalue weighted by molar-refractivity contribution is 6.06. The zero-order valence-electron chi connectivity index (χ0n) is 12.0. The van der Waals surface area contributed by atoms with Gasteiger partial charge in [-0.05, 0) is 42.8 Å². The van der Waals surface area contributed by atoms with Gasteiger partial charge in [-0.15, -0.1) is 0 Å². The second kappa shape index (κ2) is 7.17. The Labute approximate surface area is 127 Å². The number of aromatic nitrogens is 1. The van der Waals surface area contributed by atoms with Crippen LogP contribution in [0.3, 0.4) is 0 Å². The van der Waals surface area contributed by atoms with Crippen LogP contribution in [0.15, 0.2) is 54.9 Å². The first-order chi connectivity index (χ1) is 10.6. The highest BCUT2D eigenvalue weighted by Crippen LogP contribution is 2.16. The summed E-state index contributed by atoms with van der Waals surface area (Å²) in [4.78, 5) is 26.6. The number of pyridine rings is 1. The van der Waals surface area contributed by atoms with E-state index in [0.717, 1.165) is 5.56 Å². The molecular formula is C17H15NO4. The van der Waals surface area contributed by atoms with E-state index >= 15 is 0 Å². The number of allylic oxidation sites excluding steroid dienone is 1. The largest absolute Gasteiger partial charge is 0.479 e. The van der Waals surface area contributed by atoms with Crippen molar-refractivity contribution in [2.45, 2.75) is 13.0 Å².